The van der Waals surface area contributed by atoms with E-state index in [2.05, 4.69) is 15.0 Å². The summed E-state index contributed by atoms with van der Waals surface area (Å²) < 4.78 is 0. The number of fused-ring (bicyclic) bond motifs is 1. The molecule has 0 bridgehead atoms. The standard InChI is InChI=1S/C14H14N4OS/c1-20-13-11(3-2-5-16-13)14(19)18-6-4-12-10(8-18)7-15-9-17-12/h2-3,5,7,9H,4,6,8H2,1H3. The average molecular weight is 286 g/mol. The fourth-order valence-corrected chi connectivity index (χ4v) is 2.87. The monoisotopic (exact) mass is 286 g/mol. The molecule has 2 aromatic rings. The normalized spacial score (nSPS) is 13.9. The number of carbonyl (C=O) groups is 1. The van der Waals surface area contributed by atoms with Crippen molar-refractivity contribution < 1.29 is 4.79 Å². The Labute approximate surface area is 121 Å². The van der Waals surface area contributed by atoms with Crippen LogP contribution < -0.4 is 0 Å². The first-order valence-electron chi connectivity index (χ1n) is 6.35. The highest BCUT2D eigenvalue weighted by molar-refractivity contribution is 7.98. The minimum atomic E-state index is 0.0250. The minimum absolute atomic E-state index is 0.0250. The highest BCUT2D eigenvalue weighted by atomic mass is 32.2. The summed E-state index contributed by atoms with van der Waals surface area (Å²) in [5, 5.41) is 0.771. The van der Waals surface area contributed by atoms with Crippen LogP contribution >= 0.6 is 11.8 Å². The molecule has 20 heavy (non-hydrogen) atoms. The zero-order chi connectivity index (χ0) is 13.9. The first-order valence-corrected chi connectivity index (χ1v) is 7.58. The van der Waals surface area contributed by atoms with Gasteiger partial charge in [0.2, 0.25) is 0 Å². The van der Waals surface area contributed by atoms with Crippen LogP contribution in [-0.4, -0.2) is 38.6 Å². The molecule has 1 aliphatic heterocycles. The molecule has 0 radical (unpaired) electrons. The number of hydrogen-bond acceptors (Lipinski definition) is 5. The molecular formula is C14H14N4OS. The quantitative estimate of drug-likeness (QED) is 0.788. The summed E-state index contributed by atoms with van der Waals surface area (Å²) >= 11 is 1.49. The van der Waals surface area contributed by atoms with Gasteiger partial charge in [0.25, 0.3) is 5.91 Å². The summed E-state index contributed by atoms with van der Waals surface area (Å²) in [7, 11) is 0. The van der Waals surface area contributed by atoms with Gasteiger partial charge in [-0.05, 0) is 18.4 Å². The molecule has 6 heteroatoms. The Kier molecular flexibility index (Phi) is 3.64. The van der Waals surface area contributed by atoms with Gasteiger partial charge in [-0.1, -0.05) is 0 Å². The van der Waals surface area contributed by atoms with Gasteiger partial charge in [0, 0.05) is 37.5 Å². The zero-order valence-corrected chi connectivity index (χ0v) is 11.9. The maximum atomic E-state index is 12.6. The molecule has 1 amide bonds. The minimum Gasteiger partial charge on any atom is -0.334 e. The Hall–Kier alpha value is -1.95. The van der Waals surface area contributed by atoms with E-state index in [0.29, 0.717) is 18.7 Å². The summed E-state index contributed by atoms with van der Waals surface area (Å²) in [5.74, 6) is 0.0250. The SMILES string of the molecule is CSc1ncccc1C(=O)N1CCc2ncncc2C1. The molecule has 2 aromatic heterocycles. The number of carbonyl (C=O) groups excluding carboxylic acids is 1. The van der Waals surface area contributed by atoms with E-state index in [4.69, 9.17) is 0 Å². The van der Waals surface area contributed by atoms with Gasteiger partial charge in [0.1, 0.15) is 11.4 Å². The molecule has 1 aliphatic rings. The van der Waals surface area contributed by atoms with E-state index in [0.717, 1.165) is 22.7 Å². The smallest absolute Gasteiger partial charge is 0.256 e. The lowest BCUT2D eigenvalue weighted by atomic mass is 10.1. The third kappa shape index (κ3) is 2.38. The summed E-state index contributed by atoms with van der Waals surface area (Å²) in [6.45, 7) is 1.25. The van der Waals surface area contributed by atoms with Crippen LogP contribution in [0.5, 0.6) is 0 Å². The lowest BCUT2D eigenvalue weighted by Crippen LogP contribution is -2.36. The Morgan fingerprint density at radius 1 is 1.40 bits per heavy atom. The van der Waals surface area contributed by atoms with Gasteiger partial charge < -0.3 is 4.90 Å². The van der Waals surface area contributed by atoms with Crippen LogP contribution in [-0.2, 0) is 13.0 Å². The largest absolute Gasteiger partial charge is 0.334 e. The average Bonchev–Trinajstić information content (AvgIpc) is 2.53. The Balaban J connectivity index is 1.86. The van der Waals surface area contributed by atoms with E-state index in [1.54, 1.807) is 24.8 Å². The van der Waals surface area contributed by atoms with Gasteiger partial charge in [-0.3, -0.25) is 4.79 Å². The summed E-state index contributed by atoms with van der Waals surface area (Å²) in [6, 6.07) is 3.63. The van der Waals surface area contributed by atoms with Crippen LogP contribution in [0.25, 0.3) is 0 Å². The molecule has 0 spiro atoms. The molecule has 3 heterocycles. The molecule has 0 fully saturated rings. The molecule has 0 aromatic carbocycles. The zero-order valence-electron chi connectivity index (χ0n) is 11.1. The number of aromatic nitrogens is 3. The van der Waals surface area contributed by atoms with Gasteiger partial charge in [-0.15, -0.1) is 11.8 Å². The van der Waals surface area contributed by atoms with Crippen molar-refractivity contribution in [3.63, 3.8) is 0 Å². The van der Waals surface area contributed by atoms with Crippen molar-refractivity contribution in [2.45, 2.75) is 18.0 Å². The highest BCUT2D eigenvalue weighted by Crippen LogP contribution is 2.22. The van der Waals surface area contributed by atoms with Crippen molar-refractivity contribution in [1.29, 1.82) is 0 Å². The van der Waals surface area contributed by atoms with Gasteiger partial charge in [-0.2, -0.15) is 0 Å². The van der Waals surface area contributed by atoms with E-state index in [1.165, 1.54) is 11.8 Å². The third-order valence-electron chi connectivity index (χ3n) is 3.34. The maximum absolute atomic E-state index is 12.6. The summed E-state index contributed by atoms with van der Waals surface area (Å²) in [5.41, 5.74) is 2.74. The van der Waals surface area contributed by atoms with Gasteiger partial charge in [-0.25, -0.2) is 15.0 Å². The fourth-order valence-electron chi connectivity index (χ4n) is 2.33. The molecule has 0 saturated carbocycles. The molecule has 3 rings (SSSR count). The fraction of sp³-hybridized carbons (Fsp3) is 0.286. The topological polar surface area (TPSA) is 59.0 Å². The number of thioether (sulfide) groups is 1. The maximum Gasteiger partial charge on any atom is 0.256 e. The molecule has 0 aliphatic carbocycles. The number of pyridine rings is 1. The van der Waals surface area contributed by atoms with E-state index < -0.39 is 0 Å². The van der Waals surface area contributed by atoms with Crippen molar-refractivity contribution in [1.82, 2.24) is 19.9 Å². The highest BCUT2D eigenvalue weighted by Gasteiger charge is 2.24. The van der Waals surface area contributed by atoms with Crippen molar-refractivity contribution in [2.75, 3.05) is 12.8 Å². The van der Waals surface area contributed by atoms with Crippen LogP contribution in [0.3, 0.4) is 0 Å². The molecule has 0 N–H and O–H groups in total. The summed E-state index contributed by atoms with van der Waals surface area (Å²) in [4.78, 5) is 27.0. The first kappa shape index (κ1) is 13.1. The van der Waals surface area contributed by atoms with Crippen LogP contribution in [0.1, 0.15) is 21.6 Å². The Morgan fingerprint density at radius 2 is 2.30 bits per heavy atom. The molecule has 5 nitrogen and oxygen atoms in total. The third-order valence-corrected chi connectivity index (χ3v) is 4.06. The van der Waals surface area contributed by atoms with Crippen LogP contribution in [0.4, 0.5) is 0 Å². The van der Waals surface area contributed by atoms with Crippen molar-refractivity contribution in [3.8, 4) is 0 Å². The van der Waals surface area contributed by atoms with Gasteiger partial charge in [0.05, 0.1) is 11.3 Å². The van der Waals surface area contributed by atoms with Crippen molar-refractivity contribution in [2.24, 2.45) is 0 Å². The van der Waals surface area contributed by atoms with E-state index >= 15 is 0 Å². The van der Waals surface area contributed by atoms with Gasteiger partial charge in [0.15, 0.2) is 0 Å². The van der Waals surface area contributed by atoms with E-state index in [-0.39, 0.29) is 5.91 Å². The van der Waals surface area contributed by atoms with Crippen LogP contribution in [0.2, 0.25) is 0 Å². The predicted molar refractivity (Wildman–Crippen MR) is 76.5 cm³/mol. The number of nitrogens with zero attached hydrogens (tertiary/aromatic N) is 4. The lowest BCUT2D eigenvalue weighted by Gasteiger charge is -2.28. The predicted octanol–water partition coefficient (Wildman–Crippen LogP) is 1.79. The molecule has 0 unspecified atom stereocenters. The number of hydrogen-bond donors (Lipinski definition) is 0. The van der Waals surface area contributed by atoms with E-state index in [9.17, 15) is 4.79 Å². The molecule has 0 saturated heterocycles. The lowest BCUT2D eigenvalue weighted by molar-refractivity contribution is 0.0729. The first-order chi connectivity index (χ1) is 9.79. The Bertz CT molecular complexity index is 647. The second-order valence-corrected chi connectivity index (χ2v) is 5.33. The van der Waals surface area contributed by atoms with Crippen molar-refractivity contribution >= 4 is 17.7 Å². The second kappa shape index (κ2) is 5.58. The number of rotatable bonds is 2. The Morgan fingerprint density at radius 3 is 3.15 bits per heavy atom. The molecular weight excluding hydrogens is 272 g/mol. The van der Waals surface area contributed by atoms with Gasteiger partial charge >= 0.3 is 0 Å². The summed E-state index contributed by atoms with van der Waals surface area (Å²) in [6.07, 6.45) is 7.77. The number of amides is 1. The molecule has 0 atom stereocenters. The molecule has 102 valence electrons. The van der Waals surface area contributed by atoms with Crippen molar-refractivity contribution in [3.05, 3.63) is 47.7 Å². The van der Waals surface area contributed by atoms with Crippen LogP contribution in [0, 0.1) is 0 Å². The second-order valence-electron chi connectivity index (χ2n) is 4.53. The van der Waals surface area contributed by atoms with Crippen LogP contribution in [0.15, 0.2) is 35.9 Å². The van der Waals surface area contributed by atoms with E-state index in [1.807, 2.05) is 17.2 Å².